The van der Waals surface area contributed by atoms with Crippen LogP contribution >= 0.6 is 23.5 Å². The van der Waals surface area contributed by atoms with Crippen molar-refractivity contribution < 1.29 is 9.21 Å². The van der Waals surface area contributed by atoms with Gasteiger partial charge in [0.2, 0.25) is 5.91 Å². The second-order valence-corrected chi connectivity index (χ2v) is 7.74. The van der Waals surface area contributed by atoms with E-state index in [4.69, 9.17) is 4.42 Å². The van der Waals surface area contributed by atoms with Crippen molar-refractivity contribution in [3.8, 4) is 0 Å². The quantitative estimate of drug-likeness (QED) is 0.426. The summed E-state index contributed by atoms with van der Waals surface area (Å²) < 4.78 is 5.64. The van der Waals surface area contributed by atoms with E-state index >= 15 is 0 Å². The molecule has 0 aliphatic carbocycles. The third kappa shape index (κ3) is 4.53. The van der Waals surface area contributed by atoms with Crippen LogP contribution in [0.15, 0.2) is 98.3 Å². The molecular formula is C21H16N2O2S2. The van der Waals surface area contributed by atoms with Gasteiger partial charge in [-0.25, -0.2) is 4.98 Å². The predicted octanol–water partition coefficient (Wildman–Crippen LogP) is 5.71. The number of carbonyl (C=O) groups excluding carboxylic acids is 1. The van der Waals surface area contributed by atoms with Crippen molar-refractivity contribution in [2.45, 2.75) is 15.0 Å². The summed E-state index contributed by atoms with van der Waals surface area (Å²) in [5.74, 6) is 0.139. The van der Waals surface area contributed by atoms with Crippen LogP contribution in [0.5, 0.6) is 0 Å². The molecule has 1 heterocycles. The first-order chi connectivity index (χ1) is 13.3. The Labute approximate surface area is 165 Å². The van der Waals surface area contributed by atoms with E-state index in [0.29, 0.717) is 5.22 Å². The molecule has 1 aromatic heterocycles. The largest absolute Gasteiger partial charge is 0.431 e. The predicted molar refractivity (Wildman–Crippen MR) is 110 cm³/mol. The third-order valence-corrected chi connectivity index (χ3v) is 5.65. The number of oxazole rings is 1. The van der Waals surface area contributed by atoms with Gasteiger partial charge in [-0.1, -0.05) is 66.0 Å². The summed E-state index contributed by atoms with van der Waals surface area (Å²) in [4.78, 5) is 18.9. The first-order valence-electron chi connectivity index (χ1n) is 8.38. The van der Waals surface area contributed by atoms with E-state index in [1.54, 1.807) is 11.8 Å². The number of aromatic nitrogens is 1. The molecule has 1 N–H and O–H groups in total. The number of nitrogens with one attached hydrogen (secondary N) is 1. The number of nitrogens with zero attached hydrogens (tertiary/aromatic N) is 1. The first kappa shape index (κ1) is 17.7. The average Bonchev–Trinajstić information content (AvgIpc) is 3.12. The Hall–Kier alpha value is -2.70. The molecule has 134 valence electrons. The van der Waals surface area contributed by atoms with E-state index in [2.05, 4.69) is 10.3 Å². The lowest BCUT2D eigenvalue weighted by atomic mass is 10.3. The molecule has 0 fully saturated rings. The van der Waals surface area contributed by atoms with Crippen LogP contribution in [-0.2, 0) is 4.79 Å². The van der Waals surface area contributed by atoms with Gasteiger partial charge in [0.1, 0.15) is 5.52 Å². The van der Waals surface area contributed by atoms with Crippen LogP contribution in [0, 0.1) is 0 Å². The fourth-order valence-electron chi connectivity index (χ4n) is 2.50. The third-order valence-electron chi connectivity index (χ3n) is 3.73. The zero-order valence-electron chi connectivity index (χ0n) is 14.3. The highest BCUT2D eigenvalue weighted by atomic mass is 32.2. The Morgan fingerprint density at radius 2 is 1.67 bits per heavy atom. The maximum Gasteiger partial charge on any atom is 0.257 e. The van der Waals surface area contributed by atoms with Gasteiger partial charge in [-0.3, -0.25) is 4.79 Å². The summed E-state index contributed by atoms with van der Waals surface area (Å²) >= 11 is 2.91. The van der Waals surface area contributed by atoms with Crippen molar-refractivity contribution in [2.24, 2.45) is 0 Å². The summed E-state index contributed by atoms with van der Waals surface area (Å²) in [5.41, 5.74) is 2.32. The molecule has 4 nitrogen and oxygen atoms in total. The Kier molecular flexibility index (Phi) is 5.46. The highest BCUT2D eigenvalue weighted by Crippen LogP contribution is 2.33. The topological polar surface area (TPSA) is 55.1 Å². The molecule has 0 radical (unpaired) electrons. The maximum absolute atomic E-state index is 12.4. The second-order valence-electron chi connectivity index (χ2n) is 5.70. The van der Waals surface area contributed by atoms with E-state index < -0.39 is 0 Å². The van der Waals surface area contributed by atoms with E-state index in [-0.39, 0.29) is 11.7 Å². The molecule has 0 atom stereocenters. The van der Waals surface area contributed by atoms with E-state index in [9.17, 15) is 4.79 Å². The fourth-order valence-corrected chi connectivity index (χ4v) is 4.06. The van der Waals surface area contributed by atoms with Crippen LogP contribution in [-0.4, -0.2) is 16.6 Å². The number of rotatable bonds is 6. The van der Waals surface area contributed by atoms with Gasteiger partial charge in [0, 0.05) is 9.79 Å². The maximum atomic E-state index is 12.4. The Morgan fingerprint density at radius 3 is 2.52 bits per heavy atom. The van der Waals surface area contributed by atoms with Crippen LogP contribution in [0.1, 0.15) is 0 Å². The number of fused-ring (bicyclic) bond motifs is 1. The molecule has 0 saturated carbocycles. The highest BCUT2D eigenvalue weighted by molar-refractivity contribution is 8.00. The Balaban J connectivity index is 1.40. The fraction of sp³-hybridized carbons (Fsp3) is 0.0476. The lowest BCUT2D eigenvalue weighted by Crippen LogP contribution is -2.14. The van der Waals surface area contributed by atoms with Crippen LogP contribution < -0.4 is 5.32 Å². The average molecular weight is 393 g/mol. The number of benzene rings is 3. The molecular weight excluding hydrogens is 376 g/mol. The molecule has 6 heteroatoms. The molecule has 4 aromatic rings. The molecule has 0 aliphatic heterocycles. The number of thioether (sulfide) groups is 1. The van der Waals surface area contributed by atoms with Crippen molar-refractivity contribution in [1.82, 2.24) is 4.98 Å². The molecule has 0 bridgehead atoms. The minimum Gasteiger partial charge on any atom is -0.431 e. The summed E-state index contributed by atoms with van der Waals surface area (Å²) in [7, 11) is 0. The highest BCUT2D eigenvalue weighted by Gasteiger charge is 2.11. The van der Waals surface area contributed by atoms with Crippen LogP contribution in [0.2, 0.25) is 0 Å². The van der Waals surface area contributed by atoms with Gasteiger partial charge in [0.25, 0.3) is 5.22 Å². The standard InChI is InChI=1S/C21H16N2O2S2/c24-20(14-26-21-23-16-10-4-6-12-18(16)25-21)22-17-11-5-7-13-19(17)27-15-8-2-1-3-9-15/h1-13H,14H2,(H,22,24). The summed E-state index contributed by atoms with van der Waals surface area (Å²) in [6.07, 6.45) is 0. The van der Waals surface area contributed by atoms with Crippen LogP contribution in [0.25, 0.3) is 11.1 Å². The molecule has 0 unspecified atom stereocenters. The van der Waals surface area contributed by atoms with E-state index in [1.807, 2.05) is 78.9 Å². The zero-order chi connectivity index (χ0) is 18.5. The van der Waals surface area contributed by atoms with Gasteiger partial charge >= 0.3 is 0 Å². The lowest BCUT2D eigenvalue weighted by Gasteiger charge is -2.10. The Morgan fingerprint density at radius 1 is 0.926 bits per heavy atom. The van der Waals surface area contributed by atoms with E-state index in [0.717, 1.165) is 26.6 Å². The second kappa shape index (κ2) is 8.33. The summed E-state index contributed by atoms with van der Waals surface area (Å²) in [5, 5.41) is 3.48. The number of para-hydroxylation sites is 3. The van der Waals surface area contributed by atoms with Gasteiger partial charge < -0.3 is 9.73 Å². The minimum absolute atomic E-state index is 0.0941. The number of hydrogen-bond donors (Lipinski definition) is 1. The van der Waals surface area contributed by atoms with Crippen molar-refractivity contribution >= 4 is 46.2 Å². The number of anilines is 1. The van der Waals surface area contributed by atoms with Crippen LogP contribution in [0.3, 0.4) is 0 Å². The zero-order valence-corrected chi connectivity index (χ0v) is 15.9. The van der Waals surface area contributed by atoms with Crippen molar-refractivity contribution in [3.63, 3.8) is 0 Å². The van der Waals surface area contributed by atoms with Crippen molar-refractivity contribution in [2.75, 3.05) is 11.1 Å². The lowest BCUT2D eigenvalue weighted by molar-refractivity contribution is -0.113. The van der Waals surface area contributed by atoms with Gasteiger partial charge in [0.15, 0.2) is 5.58 Å². The van der Waals surface area contributed by atoms with Gasteiger partial charge in [-0.05, 0) is 36.4 Å². The Bertz CT molecular complexity index is 1030. The summed E-state index contributed by atoms with van der Waals surface area (Å²) in [6, 6.07) is 25.4. The minimum atomic E-state index is -0.0941. The molecule has 1 amide bonds. The molecule has 0 aliphatic rings. The van der Waals surface area contributed by atoms with Crippen LogP contribution in [0.4, 0.5) is 5.69 Å². The number of hydrogen-bond acceptors (Lipinski definition) is 5. The smallest absolute Gasteiger partial charge is 0.257 e. The van der Waals surface area contributed by atoms with Gasteiger partial charge in [-0.15, -0.1) is 0 Å². The van der Waals surface area contributed by atoms with E-state index in [1.165, 1.54) is 11.8 Å². The normalized spacial score (nSPS) is 10.8. The number of carbonyl (C=O) groups is 1. The molecule has 3 aromatic carbocycles. The molecule has 0 saturated heterocycles. The van der Waals surface area contributed by atoms with Gasteiger partial charge in [-0.2, -0.15) is 0 Å². The first-order valence-corrected chi connectivity index (χ1v) is 10.2. The monoisotopic (exact) mass is 392 g/mol. The summed E-state index contributed by atoms with van der Waals surface area (Å²) in [6.45, 7) is 0. The van der Waals surface area contributed by atoms with Gasteiger partial charge in [0.05, 0.1) is 11.4 Å². The van der Waals surface area contributed by atoms with Crippen molar-refractivity contribution in [3.05, 3.63) is 78.9 Å². The molecule has 27 heavy (non-hydrogen) atoms. The molecule has 4 rings (SSSR count). The SMILES string of the molecule is O=C(CSc1nc2ccccc2o1)Nc1ccccc1Sc1ccccc1. The van der Waals surface area contributed by atoms with Crippen molar-refractivity contribution in [1.29, 1.82) is 0 Å². The number of amides is 1. The molecule has 0 spiro atoms.